The summed E-state index contributed by atoms with van der Waals surface area (Å²) in [6, 6.07) is 9.38. The predicted molar refractivity (Wildman–Crippen MR) is 141 cm³/mol. The molecule has 2 atom stereocenters. The molecule has 2 N–H and O–H groups in total. The number of aliphatic hydroxyl groups excluding tert-OH is 1. The molecular weight excluding hydrogens is 408 g/mol. The molecule has 0 fully saturated rings. The first-order chi connectivity index (χ1) is 16.1. The minimum absolute atomic E-state index is 0.0604. The van der Waals surface area contributed by atoms with Crippen LogP contribution in [0.3, 0.4) is 0 Å². The number of rotatable bonds is 21. The van der Waals surface area contributed by atoms with Crippen molar-refractivity contribution in [3.63, 3.8) is 0 Å². The Morgan fingerprint density at radius 1 is 0.788 bits per heavy atom. The number of benzene rings is 1. The van der Waals surface area contributed by atoms with Gasteiger partial charge in [-0.05, 0) is 25.1 Å². The Balaban J connectivity index is 2.22. The van der Waals surface area contributed by atoms with Crippen LogP contribution in [0.1, 0.15) is 122 Å². The molecule has 0 aliphatic heterocycles. The summed E-state index contributed by atoms with van der Waals surface area (Å²) in [6.45, 7) is 8.97. The Kier molecular flexibility index (Phi) is 18.0. The molecule has 1 aromatic carbocycles. The monoisotopic (exact) mass is 460 g/mol. The molecule has 1 amide bonds. The van der Waals surface area contributed by atoms with Gasteiger partial charge in [-0.1, -0.05) is 128 Å². The van der Waals surface area contributed by atoms with Gasteiger partial charge in [-0.25, -0.2) is 0 Å². The van der Waals surface area contributed by atoms with E-state index in [0.717, 1.165) is 31.5 Å². The van der Waals surface area contributed by atoms with Gasteiger partial charge in [0, 0.05) is 13.0 Å². The van der Waals surface area contributed by atoms with Crippen LogP contribution in [-0.4, -0.2) is 41.6 Å². The average molecular weight is 461 g/mol. The SMILES string of the molecule is CCCCCCCCCCCCCCCC(=O)N[C@H](CN(CC)CC)[C@H](O)c1ccccc1. The van der Waals surface area contributed by atoms with Gasteiger partial charge in [-0.2, -0.15) is 0 Å². The van der Waals surface area contributed by atoms with Gasteiger partial charge >= 0.3 is 0 Å². The van der Waals surface area contributed by atoms with E-state index in [2.05, 4.69) is 31.0 Å². The van der Waals surface area contributed by atoms with Crippen molar-refractivity contribution in [3.8, 4) is 0 Å². The molecule has 0 spiro atoms. The van der Waals surface area contributed by atoms with Crippen molar-refractivity contribution in [1.82, 2.24) is 10.2 Å². The molecule has 4 heteroatoms. The Morgan fingerprint density at radius 3 is 1.76 bits per heavy atom. The molecule has 33 heavy (non-hydrogen) atoms. The number of likely N-dealkylation sites (N-methyl/N-ethyl adjacent to an activating group) is 1. The third-order valence-electron chi connectivity index (χ3n) is 6.73. The lowest BCUT2D eigenvalue weighted by molar-refractivity contribution is -0.123. The highest BCUT2D eigenvalue weighted by Crippen LogP contribution is 2.18. The maximum atomic E-state index is 12.6. The summed E-state index contributed by atoms with van der Waals surface area (Å²) in [6.07, 6.45) is 16.8. The molecule has 0 radical (unpaired) electrons. The van der Waals surface area contributed by atoms with E-state index in [1.165, 1.54) is 70.6 Å². The second-order valence-electron chi connectivity index (χ2n) is 9.51. The lowest BCUT2D eigenvalue weighted by Gasteiger charge is -2.30. The molecular formula is C29H52N2O2. The number of aliphatic hydroxyl groups is 1. The van der Waals surface area contributed by atoms with Gasteiger partial charge in [0.25, 0.3) is 0 Å². The Labute approximate surface area is 204 Å². The summed E-state index contributed by atoms with van der Waals surface area (Å²) in [4.78, 5) is 14.9. The third-order valence-corrected chi connectivity index (χ3v) is 6.73. The van der Waals surface area contributed by atoms with Crippen LogP contribution in [0.4, 0.5) is 0 Å². The van der Waals surface area contributed by atoms with Crippen LogP contribution < -0.4 is 5.32 Å². The van der Waals surface area contributed by atoms with Crippen LogP contribution >= 0.6 is 0 Å². The molecule has 1 rings (SSSR count). The number of hydrogen-bond acceptors (Lipinski definition) is 3. The summed E-state index contributed by atoms with van der Waals surface area (Å²) in [5.41, 5.74) is 0.857. The standard InChI is InChI=1S/C29H52N2O2/c1-4-7-8-9-10-11-12-13-14-15-16-17-21-24-28(32)30-27(25-31(5-2)6-3)29(33)26-22-19-18-20-23-26/h18-20,22-23,27,29,33H,4-17,21,24-25H2,1-3H3,(H,30,32)/t27-,29-/m1/s1. The Morgan fingerprint density at radius 2 is 1.27 bits per heavy atom. The van der Waals surface area contributed by atoms with E-state index in [0.29, 0.717) is 13.0 Å². The first-order valence-electron chi connectivity index (χ1n) is 13.9. The largest absolute Gasteiger partial charge is 0.386 e. The van der Waals surface area contributed by atoms with Crippen molar-refractivity contribution in [1.29, 1.82) is 0 Å². The number of unbranched alkanes of at least 4 members (excludes halogenated alkanes) is 12. The molecule has 0 aliphatic carbocycles. The highest BCUT2D eigenvalue weighted by molar-refractivity contribution is 5.76. The van der Waals surface area contributed by atoms with Crippen molar-refractivity contribution in [2.24, 2.45) is 0 Å². The smallest absolute Gasteiger partial charge is 0.220 e. The maximum Gasteiger partial charge on any atom is 0.220 e. The van der Waals surface area contributed by atoms with Crippen molar-refractivity contribution < 1.29 is 9.90 Å². The van der Waals surface area contributed by atoms with Gasteiger partial charge < -0.3 is 15.3 Å². The maximum absolute atomic E-state index is 12.6. The molecule has 0 unspecified atom stereocenters. The fourth-order valence-electron chi connectivity index (χ4n) is 4.45. The van der Waals surface area contributed by atoms with Crippen molar-refractivity contribution in [2.45, 2.75) is 123 Å². The van der Waals surface area contributed by atoms with Crippen LogP contribution in [-0.2, 0) is 4.79 Å². The van der Waals surface area contributed by atoms with Crippen molar-refractivity contribution in [2.75, 3.05) is 19.6 Å². The highest BCUT2D eigenvalue weighted by Gasteiger charge is 2.24. The molecule has 0 aliphatic rings. The zero-order chi connectivity index (χ0) is 24.2. The van der Waals surface area contributed by atoms with E-state index in [9.17, 15) is 9.90 Å². The summed E-state index contributed by atoms with van der Waals surface area (Å²) < 4.78 is 0. The number of nitrogens with one attached hydrogen (secondary N) is 1. The number of carbonyl (C=O) groups excluding carboxylic acids is 1. The van der Waals surface area contributed by atoms with Gasteiger partial charge in [0.1, 0.15) is 6.10 Å². The van der Waals surface area contributed by atoms with E-state index in [1.54, 1.807) is 0 Å². The minimum Gasteiger partial charge on any atom is -0.386 e. The lowest BCUT2D eigenvalue weighted by Crippen LogP contribution is -2.47. The van der Waals surface area contributed by atoms with Crippen LogP contribution in [0.25, 0.3) is 0 Å². The molecule has 0 aromatic heterocycles. The molecule has 0 bridgehead atoms. The zero-order valence-electron chi connectivity index (χ0n) is 21.9. The fraction of sp³-hybridized carbons (Fsp3) is 0.759. The van der Waals surface area contributed by atoms with Crippen LogP contribution in [0, 0.1) is 0 Å². The lowest BCUT2D eigenvalue weighted by atomic mass is 10.0. The predicted octanol–water partition coefficient (Wildman–Crippen LogP) is 7.03. The zero-order valence-corrected chi connectivity index (χ0v) is 21.9. The summed E-state index contributed by atoms with van der Waals surface area (Å²) in [7, 11) is 0. The van der Waals surface area contributed by atoms with Gasteiger partial charge in [-0.15, -0.1) is 0 Å². The topological polar surface area (TPSA) is 52.6 Å². The second kappa shape index (κ2) is 20.0. The normalized spacial score (nSPS) is 13.2. The van der Waals surface area contributed by atoms with E-state index in [-0.39, 0.29) is 11.9 Å². The number of carbonyl (C=O) groups is 1. The van der Waals surface area contributed by atoms with E-state index >= 15 is 0 Å². The molecule has 0 saturated carbocycles. The minimum atomic E-state index is -0.692. The number of amides is 1. The van der Waals surface area contributed by atoms with Gasteiger partial charge in [0.2, 0.25) is 5.91 Å². The second-order valence-corrected chi connectivity index (χ2v) is 9.51. The van der Waals surface area contributed by atoms with Crippen molar-refractivity contribution >= 4 is 5.91 Å². The molecule has 4 nitrogen and oxygen atoms in total. The van der Waals surface area contributed by atoms with E-state index in [4.69, 9.17) is 0 Å². The van der Waals surface area contributed by atoms with Gasteiger partial charge in [0.15, 0.2) is 0 Å². The first-order valence-corrected chi connectivity index (χ1v) is 13.9. The molecule has 190 valence electrons. The van der Waals surface area contributed by atoms with Gasteiger partial charge in [0.05, 0.1) is 6.04 Å². The van der Waals surface area contributed by atoms with Crippen LogP contribution in [0.2, 0.25) is 0 Å². The van der Waals surface area contributed by atoms with Crippen molar-refractivity contribution in [3.05, 3.63) is 35.9 Å². The Hall–Kier alpha value is -1.39. The highest BCUT2D eigenvalue weighted by atomic mass is 16.3. The fourth-order valence-corrected chi connectivity index (χ4v) is 4.45. The summed E-state index contributed by atoms with van der Waals surface area (Å²) in [5, 5.41) is 14.0. The summed E-state index contributed by atoms with van der Waals surface area (Å²) >= 11 is 0. The van der Waals surface area contributed by atoms with E-state index in [1.807, 2.05) is 30.3 Å². The first kappa shape index (κ1) is 29.6. The van der Waals surface area contributed by atoms with Crippen LogP contribution in [0.5, 0.6) is 0 Å². The molecule has 1 aromatic rings. The number of nitrogens with zero attached hydrogens (tertiary/aromatic N) is 1. The Bertz CT molecular complexity index is 574. The average Bonchev–Trinajstić information content (AvgIpc) is 2.84. The quantitative estimate of drug-likeness (QED) is 0.194. The molecule has 0 heterocycles. The third kappa shape index (κ3) is 14.5. The van der Waals surface area contributed by atoms with Gasteiger partial charge in [-0.3, -0.25) is 4.79 Å². The summed E-state index contributed by atoms with van der Waals surface area (Å²) in [5.74, 6) is 0.0604. The van der Waals surface area contributed by atoms with Crippen LogP contribution in [0.15, 0.2) is 30.3 Å². The van der Waals surface area contributed by atoms with E-state index < -0.39 is 6.10 Å². The number of hydrogen-bond donors (Lipinski definition) is 2. The molecule has 0 saturated heterocycles.